The number of nitrogens with one attached hydrogen (secondary N) is 1. The fraction of sp³-hybridized carbons (Fsp3) is 0.444. The van der Waals surface area contributed by atoms with E-state index in [4.69, 9.17) is 10.2 Å². The van der Waals surface area contributed by atoms with E-state index in [9.17, 15) is 0 Å². The molecule has 0 saturated heterocycles. The second kappa shape index (κ2) is 7.32. The summed E-state index contributed by atoms with van der Waals surface area (Å²) in [6, 6.07) is 10.3. The molecule has 2 aromatic rings. The van der Waals surface area contributed by atoms with Gasteiger partial charge in [-0.25, -0.2) is 0 Å². The number of aromatic nitrogens is 2. The van der Waals surface area contributed by atoms with Crippen molar-refractivity contribution in [1.29, 1.82) is 0 Å². The summed E-state index contributed by atoms with van der Waals surface area (Å²) >= 11 is 0. The Labute approximate surface area is 145 Å². The molecule has 0 amide bonds. The van der Waals surface area contributed by atoms with E-state index in [-0.39, 0.29) is 5.04 Å². The number of anilines is 2. The van der Waals surface area contributed by atoms with Crippen LogP contribution in [0.1, 0.15) is 31.9 Å². The van der Waals surface area contributed by atoms with E-state index in [0.29, 0.717) is 19.0 Å². The standard InChI is InChI=1S/C18H28N4OSi/c1-18(2,3)24(4,5)23-13-15-8-6-14(7-9-15)11-20-16-10-17(19)22-21-12-16/h6-10,12H,11,13H2,1-5H3,(H3,19,20,22). The summed E-state index contributed by atoms with van der Waals surface area (Å²) in [7, 11) is -1.70. The van der Waals surface area contributed by atoms with Gasteiger partial charge in [0, 0.05) is 12.6 Å². The Morgan fingerprint density at radius 1 is 1.12 bits per heavy atom. The summed E-state index contributed by atoms with van der Waals surface area (Å²) in [5.41, 5.74) is 8.89. The maximum Gasteiger partial charge on any atom is 0.192 e. The fourth-order valence-electron chi connectivity index (χ4n) is 1.92. The Bertz CT molecular complexity index is 665. The first-order valence-electron chi connectivity index (χ1n) is 8.21. The lowest BCUT2D eigenvalue weighted by Gasteiger charge is -2.36. The van der Waals surface area contributed by atoms with Gasteiger partial charge in [0.05, 0.1) is 18.5 Å². The highest BCUT2D eigenvalue weighted by Gasteiger charge is 2.36. The third-order valence-electron chi connectivity index (χ3n) is 4.60. The topological polar surface area (TPSA) is 73.1 Å². The van der Waals surface area contributed by atoms with Gasteiger partial charge in [0.25, 0.3) is 0 Å². The SMILES string of the molecule is CC(C)(C)[Si](C)(C)OCc1ccc(CNc2cnnc(N)c2)cc1. The molecule has 1 heterocycles. The number of nitrogens with zero attached hydrogens (tertiary/aromatic N) is 2. The smallest absolute Gasteiger partial charge is 0.192 e. The van der Waals surface area contributed by atoms with Crippen LogP contribution in [-0.2, 0) is 17.6 Å². The quantitative estimate of drug-likeness (QED) is 0.769. The molecule has 24 heavy (non-hydrogen) atoms. The van der Waals surface area contributed by atoms with E-state index < -0.39 is 8.32 Å². The zero-order valence-corrected chi connectivity index (χ0v) is 16.3. The maximum atomic E-state index is 6.26. The van der Waals surface area contributed by atoms with Crippen LogP contribution in [0, 0.1) is 0 Å². The van der Waals surface area contributed by atoms with Crippen LogP contribution in [0.4, 0.5) is 11.5 Å². The average molecular weight is 345 g/mol. The lowest BCUT2D eigenvalue weighted by molar-refractivity contribution is 0.276. The van der Waals surface area contributed by atoms with E-state index >= 15 is 0 Å². The Kier molecular flexibility index (Phi) is 5.61. The molecule has 0 aliphatic rings. The van der Waals surface area contributed by atoms with Gasteiger partial charge in [0.2, 0.25) is 0 Å². The lowest BCUT2D eigenvalue weighted by Crippen LogP contribution is -2.40. The second-order valence-electron chi connectivity index (χ2n) is 7.59. The Balaban J connectivity index is 1.89. The molecule has 0 atom stereocenters. The summed E-state index contributed by atoms with van der Waals surface area (Å²) in [5.74, 6) is 0.415. The van der Waals surface area contributed by atoms with Crippen LogP contribution in [0.2, 0.25) is 18.1 Å². The van der Waals surface area contributed by atoms with Gasteiger partial charge >= 0.3 is 0 Å². The van der Waals surface area contributed by atoms with Crippen molar-refractivity contribution in [3.63, 3.8) is 0 Å². The van der Waals surface area contributed by atoms with Crippen molar-refractivity contribution in [3.05, 3.63) is 47.7 Å². The van der Waals surface area contributed by atoms with Crippen LogP contribution >= 0.6 is 0 Å². The predicted molar refractivity (Wildman–Crippen MR) is 102 cm³/mol. The second-order valence-corrected chi connectivity index (χ2v) is 12.4. The molecular formula is C18H28N4OSi. The number of rotatable bonds is 6. The van der Waals surface area contributed by atoms with Crippen LogP contribution in [0.5, 0.6) is 0 Å². The van der Waals surface area contributed by atoms with Crippen LogP contribution < -0.4 is 11.1 Å². The largest absolute Gasteiger partial charge is 0.413 e. The number of benzene rings is 1. The first-order chi connectivity index (χ1) is 11.2. The van der Waals surface area contributed by atoms with Gasteiger partial charge in [-0.15, -0.1) is 5.10 Å². The molecule has 1 aromatic carbocycles. The van der Waals surface area contributed by atoms with E-state index in [1.165, 1.54) is 11.1 Å². The third-order valence-corrected chi connectivity index (χ3v) is 9.08. The van der Waals surface area contributed by atoms with Gasteiger partial charge in [0.1, 0.15) is 5.82 Å². The third kappa shape index (κ3) is 5.04. The minimum atomic E-state index is -1.70. The van der Waals surface area contributed by atoms with Gasteiger partial charge in [-0.05, 0) is 29.3 Å². The summed E-state index contributed by atoms with van der Waals surface area (Å²) < 4.78 is 6.26. The molecule has 130 valence electrons. The molecule has 6 heteroatoms. The zero-order chi connectivity index (χ0) is 17.8. The first-order valence-corrected chi connectivity index (χ1v) is 11.1. The molecule has 0 fully saturated rings. The lowest BCUT2D eigenvalue weighted by atomic mass is 10.1. The van der Waals surface area contributed by atoms with E-state index in [0.717, 1.165) is 5.69 Å². The minimum Gasteiger partial charge on any atom is -0.413 e. The van der Waals surface area contributed by atoms with Crippen molar-refractivity contribution < 1.29 is 4.43 Å². The fourth-order valence-corrected chi connectivity index (χ4v) is 2.88. The molecule has 0 radical (unpaired) electrons. The van der Waals surface area contributed by atoms with Crippen molar-refractivity contribution in [1.82, 2.24) is 10.2 Å². The van der Waals surface area contributed by atoms with Gasteiger partial charge in [0.15, 0.2) is 8.32 Å². The number of hydrogen-bond donors (Lipinski definition) is 2. The highest BCUT2D eigenvalue weighted by Crippen LogP contribution is 2.37. The summed E-state index contributed by atoms with van der Waals surface area (Å²) in [5, 5.41) is 11.1. The number of nitrogen functional groups attached to an aromatic ring is 1. The molecule has 5 nitrogen and oxygen atoms in total. The molecule has 0 bridgehead atoms. The number of hydrogen-bond acceptors (Lipinski definition) is 5. The monoisotopic (exact) mass is 344 g/mol. The first kappa shape index (κ1) is 18.4. The Morgan fingerprint density at radius 2 is 1.75 bits per heavy atom. The minimum absolute atomic E-state index is 0.233. The van der Waals surface area contributed by atoms with Crippen molar-refractivity contribution in [2.75, 3.05) is 11.1 Å². The van der Waals surface area contributed by atoms with Gasteiger partial charge < -0.3 is 15.5 Å². The van der Waals surface area contributed by atoms with E-state index in [1.807, 2.05) is 0 Å². The van der Waals surface area contributed by atoms with Crippen LogP contribution in [-0.4, -0.2) is 18.5 Å². The summed E-state index contributed by atoms with van der Waals surface area (Å²) in [4.78, 5) is 0. The average Bonchev–Trinajstić information content (AvgIpc) is 2.51. The molecule has 3 N–H and O–H groups in total. The van der Waals surface area contributed by atoms with Gasteiger partial charge in [-0.1, -0.05) is 45.0 Å². The van der Waals surface area contributed by atoms with Crippen molar-refractivity contribution in [2.24, 2.45) is 0 Å². The van der Waals surface area contributed by atoms with Crippen LogP contribution in [0.25, 0.3) is 0 Å². The van der Waals surface area contributed by atoms with Crippen LogP contribution in [0.15, 0.2) is 36.5 Å². The normalized spacial score (nSPS) is 12.2. The molecule has 0 aliphatic carbocycles. The zero-order valence-electron chi connectivity index (χ0n) is 15.3. The molecule has 0 aliphatic heterocycles. The maximum absolute atomic E-state index is 6.26. The van der Waals surface area contributed by atoms with E-state index in [2.05, 4.69) is 73.6 Å². The highest BCUT2D eigenvalue weighted by atomic mass is 28.4. The number of nitrogens with two attached hydrogens (primary N) is 1. The van der Waals surface area contributed by atoms with E-state index in [1.54, 1.807) is 12.3 Å². The molecular weight excluding hydrogens is 316 g/mol. The van der Waals surface area contributed by atoms with Gasteiger partial charge in [-0.2, -0.15) is 5.10 Å². The van der Waals surface area contributed by atoms with Crippen molar-refractivity contribution in [2.45, 2.75) is 52.1 Å². The highest BCUT2D eigenvalue weighted by molar-refractivity contribution is 6.74. The van der Waals surface area contributed by atoms with Crippen LogP contribution in [0.3, 0.4) is 0 Å². The Morgan fingerprint density at radius 3 is 2.33 bits per heavy atom. The molecule has 0 unspecified atom stereocenters. The molecule has 1 aromatic heterocycles. The summed E-state index contributed by atoms with van der Waals surface area (Å²) in [6.45, 7) is 12.7. The van der Waals surface area contributed by atoms with Gasteiger partial charge in [-0.3, -0.25) is 0 Å². The van der Waals surface area contributed by atoms with Crippen molar-refractivity contribution >= 4 is 19.8 Å². The predicted octanol–water partition coefficient (Wildman–Crippen LogP) is 4.19. The molecule has 0 saturated carbocycles. The van der Waals surface area contributed by atoms with Crippen molar-refractivity contribution in [3.8, 4) is 0 Å². The summed E-state index contributed by atoms with van der Waals surface area (Å²) in [6.07, 6.45) is 1.66. The molecule has 2 rings (SSSR count). The molecule has 0 spiro atoms. The Hall–Kier alpha value is -1.92.